The predicted octanol–water partition coefficient (Wildman–Crippen LogP) is 15.6. The lowest BCUT2D eigenvalue weighted by Gasteiger charge is -2.43. The van der Waals surface area contributed by atoms with E-state index in [2.05, 4.69) is 208 Å². The molecule has 7 aromatic carbocycles. The van der Waals surface area contributed by atoms with Gasteiger partial charge in [-0.05, 0) is 144 Å². The second-order valence-corrected chi connectivity index (χ2v) is 25.1. The van der Waals surface area contributed by atoms with Crippen molar-refractivity contribution >= 4 is 82.5 Å². The Kier molecular flexibility index (Phi) is 7.61. The van der Waals surface area contributed by atoms with Gasteiger partial charge >= 0.3 is 6.85 Å². The summed E-state index contributed by atoms with van der Waals surface area (Å²) in [5.74, 6) is 0. The van der Waals surface area contributed by atoms with E-state index in [-0.39, 0.29) is 33.9 Å². The quantitative estimate of drug-likeness (QED) is 0.149. The number of thiophene rings is 1. The van der Waals surface area contributed by atoms with Crippen molar-refractivity contribution in [1.29, 1.82) is 0 Å². The van der Waals surface area contributed by atoms with E-state index in [4.69, 9.17) is 0 Å². The number of nitrogens with zero attached hydrogens (tertiary/aromatic N) is 2. The lowest BCUT2D eigenvalue weighted by atomic mass is 9.43. The maximum atomic E-state index is 2.76. The van der Waals surface area contributed by atoms with Gasteiger partial charge in [-0.3, -0.25) is 0 Å². The van der Waals surface area contributed by atoms with Crippen molar-refractivity contribution in [2.75, 3.05) is 4.81 Å². The van der Waals surface area contributed by atoms with E-state index >= 15 is 0 Å². The van der Waals surface area contributed by atoms with Crippen LogP contribution in [0.15, 0.2) is 115 Å². The van der Waals surface area contributed by atoms with Gasteiger partial charge in [-0.15, -0.1) is 11.3 Å². The van der Waals surface area contributed by atoms with E-state index in [0.717, 1.165) is 0 Å². The summed E-state index contributed by atoms with van der Waals surface area (Å²) in [6, 6.07) is 46.1. The van der Waals surface area contributed by atoms with Gasteiger partial charge in [-0.25, -0.2) is 0 Å². The van der Waals surface area contributed by atoms with Crippen LogP contribution in [0.3, 0.4) is 0 Å². The summed E-state index contributed by atoms with van der Waals surface area (Å²) in [7, 11) is 0. The zero-order chi connectivity index (χ0) is 45.1. The van der Waals surface area contributed by atoms with E-state index in [1.807, 2.05) is 11.3 Å². The third-order valence-corrected chi connectivity index (χ3v) is 17.8. The highest BCUT2D eigenvalue weighted by atomic mass is 32.1. The molecule has 0 saturated carbocycles. The maximum absolute atomic E-state index is 2.76. The van der Waals surface area contributed by atoms with Crippen molar-refractivity contribution in [3.05, 3.63) is 149 Å². The minimum Gasteiger partial charge on any atom is -0.376 e. The van der Waals surface area contributed by atoms with Gasteiger partial charge in [0.15, 0.2) is 0 Å². The second kappa shape index (κ2) is 12.4. The van der Waals surface area contributed by atoms with Gasteiger partial charge in [0.1, 0.15) is 0 Å². The van der Waals surface area contributed by atoms with Gasteiger partial charge < -0.3 is 9.38 Å². The molecule has 13 rings (SSSR count). The molecule has 0 unspecified atom stereocenters. The van der Waals surface area contributed by atoms with E-state index in [1.54, 1.807) is 0 Å². The van der Waals surface area contributed by atoms with Crippen LogP contribution in [-0.2, 0) is 27.1 Å². The minimum absolute atomic E-state index is 0.0324. The number of hydrogen-bond donors (Lipinski definition) is 0. The number of hydrogen-bond acceptors (Lipinski definition) is 2. The molecule has 0 radical (unpaired) electrons. The van der Waals surface area contributed by atoms with E-state index in [0.29, 0.717) is 0 Å². The standard InChI is InChI=1S/C61H59BN2S/c1-57(2,3)34-21-24-36(25-22-34)64-48-31-39-37-17-14-16-20-49(37)65-50(39)32-41(48)52-51-38-18-13-15-19-42(38)61(11,12)54(51)53-40-30-43-44(60(9,10)28-27-59(43,7)8)33-47(40)63-46-26-23-35(58(4,5)6)29-45(46)62(64)55(52)56(53)63/h13-26,29-33H,27-28H2,1-12H3. The van der Waals surface area contributed by atoms with Crippen molar-refractivity contribution in [2.45, 2.75) is 123 Å². The van der Waals surface area contributed by atoms with Crippen LogP contribution in [0.5, 0.6) is 0 Å². The molecule has 0 amide bonds. The van der Waals surface area contributed by atoms with Crippen LogP contribution >= 0.6 is 11.3 Å². The molecule has 0 atom stereocenters. The Labute approximate surface area is 389 Å². The Morgan fingerprint density at radius 2 is 1.22 bits per heavy atom. The number of fused-ring (bicyclic) bond motifs is 17. The molecule has 0 bridgehead atoms. The van der Waals surface area contributed by atoms with Crippen molar-refractivity contribution in [3.8, 4) is 27.9 Å². The summed E-state index contributed by atoms with van der Waals surface area (Å²) < 4.78 is 5.44. The molecular formula is C61H59BN2S. The van der Waals surface area contributed by atoms with Crippen molar-refractivity contribution < 1.29 is 0 Å². The molecule has 322 valence electrons. The SMILES string of the molecule is CC(C)(C)c1ccc(N2B3c4cc(C(C)(C)C)ccc4-n4c5cc6c(cc5c5c7c(c(c3c54)-c3cc4sc5ccccc5c4cc32)-c2ccccc2C7(C)C)C(C)(C)CCC6(C)C)cc1. The fraction of sp³-hybridized carbons (Fsp3) is 0.311. The highest BCUT2D eigenvalue weighted by molar-refractivity contribution is 7.25. The Bertz CT molecular complexity index is 3600. The topological polar surface area (TPSA) is 8.17 Å². The number of rotatable bonds is 1. The summed E-state index contributed by atoms with van der Waals surface area (Å²) >= 11 is 1.94. The molecule has 2 aromatic heterocycles. The normalized spacial score (nSPS) is 17.4. The molecule has 4 aliphatic rings. The molecule has 2 aliphatic carbocycles. The first-order valence-corrected chi connectivity index (χ1v) is 24.9. The first kappa shape index (κ1) is 39.8. The number of benzene rings is 7. The Morgan fingerprint density at radius 1 is 0.554 bits per heavy atom. The molecule has 4 heteroatoms. The largest absolute Gasteiger partial charge is 0.376 e. The average Bonchev–Trinajstić information content (AvgIpc) is 3.88. The van der Waals surface area contributed by atoms with Crippen LogP contribution in [-0.4, -0.2) is 11.4 Å². The van der Waals surface area contributed by atoms with Gasteiger partial charge in [0, 0.05) is 59.0 Å². The monoisotopic (exact) mass is 862 g/mol. The fourth-order valence-electron chi connectivity index (χ4n) is 13.0. The summed E-state index contributed by atoms with van der Waals surface area (Å²) in [5.41, 5.74) is 23.6. The molecule has 2 aliphatic heterocycles. The molecular weight excluding hydrogens is 804 g/mol. The van der Waals surface area contributed by atoms with Crippen molar-refractivity contribution in [2.24, 2.45) is 0 Å². The van der Waals surface area contributed by atoms with Crippen LogP contribution in [0, 0.1) is 0 Å². The minimum atomic E-state index is -0.224. The predicted molar refractivity (Wildman–Crippen MR) is 283 cm³/mol. The summed E-state index contributed by atoms with van der Waals surface area (Å²) in [6.45, 7) is 29.0. The highest BCUT2D eigenvalue weighted by Gasteiger charge is 2.50. The second-order valence-electron chi connectivity index (χ2n) is 24.0. The van der Waals surface area contributed by atoms with Gasteiger partial charge in [0.05, 0.1) is 11.0 Å². The molecule has 4 heterocycles. The lowest BCUT2D eigenvalue weighted by molar-refractivity contribution is 0.332. The van der Waals surface area contributed by atoms with Crippen LogP contribution in [0.4, 0.5) is 11.4 Å². The summed E-state index contributed by atoms with van der Waals surface area (Å²) in [6.07, 6.45) is 2.37. The van der Waals surface area contributed by atoms with E-state index < -0.39 is 0 Å². The third kappa shape index (κ3) is 5.13. The molecule has 65 heavy (non-hydrogen) atoms. The molecule has 2 nitrogen and oxygen atoms in total. The number of anilines is 2. The number of aromatic nitrogens is 1. The molecule has 0 N–H and O–H groups in total. The summed E-state index contributed by atoms with van der Waals surface area (Å²) in [5, 5.41) is 5.53. The van der Waals surface area contributed by atoms with Crippen LogP contribution in [0.25, 0.3) is 69.9 Å². The van der Waals surface area contributed by atoms with Crippen LogP contribution in [0.1, 0.15) is 129 Å². The molecule has 0 spiro atoms. The average molecular weight is 863 g/mol. The lowest BCUT2D eigenvalue weighted by Crippen LogP contribution is -2.61. The van der Waals surface area contributed by atoms with E-state index in [1.165, 1.54) is 138 Å². The maximum Gasteiger partial charge on any atom is 0.333 e. The zero-order valence-electron chi connectivity index (χ0n) is 40.3. The van der Waals surface area contributed by atoms with Crippen LogP contribution < -0.4 is 15.7 Å². The first-order chi connectivity index (χ1) is 30.8. The van der Waals surface area contributed by atoms with Gasteiger partial charge in [-0.1, -0.05) is 150 Å². The van der Waals surface area contributed by atoms with Gasteiger partial charge in [0.2, 0.25) is 0 Å². The Hall–Kier alpha value is -5.58. The van der Waals surface area contributed by atoms with Crippen molar-refractivity contribution in [1.82, 2.24) is 4.57 Å². The fourth-order valence-corrected chi connectivity index (χ4v) is 14.1. The zero-order valence-corrected chi connectivity index (χ0v) is 41.1. The Morgan fingerprint density at radius 3 is 1.94 bits per heavy atom. The van der Waals surface area contributed by atoms with Gasteiger partial charge in [-0.2, -0.15) is 0 Å². The van der Waals surface area contributed by atoms with Crippen molar-refractivity contribution in [3.63, 3.8) is 0 Å². The highest BCUT2D eigenvalue weighted by Crippen LogP contribution is 2.60. The summed E-state index contributed by atoms with van der Waals surface area (Å²) in [4.78, 5) is 2.76. The smallest absolute Gasteiger partial charge is 0.333 e. The van der Waals surface area contributed by atoms with Crippen LogP contribution in [0.2, 0.25) is 0 Å². The molecule has 9 aromatic rings. The van der Waals surface area contributed by atoms with Gasteiger partial charge in [0.25, 0.3) is 0 Å². The van der Waals surface area contributed by atoms with E-state index in [9.17, 15) is 0 Å². The Balaban J connectivity index is 1.29. The third-order valence-electron chi connectivity index (χ3n) is 16.7. The molecule has 0 fully saturated rings. The molecule has 0 saturated heterocycles. The first-order valence-electron chi connectivity index (χ1n) is 24.1.